The summed E-state index contributed by atoms with van der Waals surface area (Å²) in [6.07, 6.45) is 0. The highest BCUT2D eigenvalue weighted by Gasteiger charge is 2.22. The predicted octanol–water partition coefficient (Wildman–Crippen LogP) is 16.0. The molecule has 11 aromatic rings. The Kier molecular flexibility index (Phi) is 8.19. The van der Waals surface area contributed by atoms with E-state index in [2.05, 4.69) is 229 Å². The van der Waals surface area contributed by atoms with Crippen molar-refractivity contribution in [1.82, 2.24) is 0 Å². The van der Waals surface area contributed by atoms with Gasteiger partial charge in [-0.2, -0.15) is 0 Å². The summed E-state index contributed by atoms with van der Waals surface area (Å²) in [4.78, 5) is 2.40. The zero-order valence-electron chi connectivity index (χ0n) is 31.7. The van der Waals surface area contributed by atoms with E-state index in [1.807, 2.05) is 0 Å². The van der Waals surface area contributed by atoms with Crippen molar-refractivity contribution in [2.75, 3.05) is 4.90 Å². The second kappa shape index (κ2) is 14.1. The normalized spacial score (nSPS) is 11.4. The molecule has 0 unspecified atom stereocenters. The standard InChI is InChI=1S/C56H37NO/c1-3-13-38(14-4-1)41-25-27-43(28-26-41)46-19-11-20-47(35-46)57(48-34-33-40-17-7-8-18-45(40)36-48)53-23-12-24-54-55(53)52-37-51(49-21-9-10-22-50(49)56(52)58-54)44-31-29-42(30-32-44)39-15-5-2-6-16-39/h1-37H. The van der Waals surface area contributed by atoms with Crippen molar-refractivity contribution in [1.29, 1.82) is 0 Å². The molecule has 0 saturated carbocycles. The molecule has 58 heavy (non-hydrogen) atoms. The molecular weight excluding hydrogens is 703 g/mol. The second-order valence-corrected chi connectivity index (χ2v) is 14.9. The van der Waals surface area contributed by atoms with Gasteiger partial charge in [-0.1, -0.05) is 182 Å². The minimum absolute atomic E-state index is 0.854. The van der Waals surface area contributed by atoms with Gasteiger partial charge in [0.25, 0.3) is 0 Å². The van der Waals surface area contributed by atoms with E-state index in [9.17, 15) is 0 Å². The predicted molar refractivity (Wildman–Crippen MR) is 245 cm³/mol. The summed E-state index contributed by atoms with van der Waals surface area (Å²) in [6, 6.07) is 80.6. The fraction of sp³-hybridized carbons (Fsp3) is 0. The lowest BCUT2D eigenvalue weighted by Gasteiger charge is -2.27. The molecular formula is C56H37NO. The summed E-state index contributed by atoms with van der Waals surface area (Å²) in [6.45, 7) is 0. The summed E-state index contributed by atoms with van der Waals surface area (Å²) in [5.74, 6) is 0. The van der Waals surface area contributed by atoms with Crippen molar-refractivity contribution in [3.05, 3.63) is 224 Å². The Morgan fingerprint density at radius 2 is 0.845 bits per heavy atom. The van der Waals surface area contributed by atoms with Gasteiger partial charge in [0, 0.05) is 22.1 Å². The Morgan fingerprint density at radius 3 is 1.55 bits per heavy atom. The number of anilines is 3. The highest BCUT2D eigenvalue weighted by molar-refractivity contribution is 6.22. The lowest BCUT2D eigenvalue weighted by atomic mass is 9.93. The smallest absolute Gasteiger partial charge is 0.143 e. The van der Waals surface area contributed by atoms with Crippen LogP contribution in [0.5, 0.6) is 0 Å². The number of benzene rings is 10. The van der Waals surface area contributed by atoms with Crippen LogP contribution in [-0.2, 0) is 0 Å². The van der Waals surface area contributed by atoms with E-state index in [4.69, 9.17) is 4.42 Å². The molecule has 2 heteroatoms. The first-order valence-electron chi connectivity index (χ1n) is 19.8. The van der Waals surface area contributed by atoms with E-state index in [0.29, 0.717) is 0 Å². The number of nitrogens with zero attached hydrogens (tertiary/aromatic N) is 1. The fourth-order valence-electron chi connectivity index (χ4n) is 8.58. The number of hydrogen-bond acceptors (Lipinski definition) is 2. The molecule has 0 atom stereocenters. The number of hydrogen-bond donors (Lipinski definition) is 0. The Bertz CT molecular complexity index is 3250. The summed E-state index contributed by atoms with van der Waals surface area (Å²) < 4.78 is 6.88. The molecule has 0 aliphatic heterocycles. The highest BCUT2D eigenvalue weighted by atomic mass is 16.3. The van der Waals surface area contributed by atoms with Crippen molar-refractivity contribution in [2.45, 2.75) is 0 Å². The van der Waals surface area contributed by atoms with E-state index < -0.39 is 0 Å². The molecule has 0 saturated heterocycles. The molecule has 10 aromatic carbocycles. The van der Waals surface area contributed by atoms with Gasteiger partial charge in [-0.15, -0.1) is 0 Å². The first-order chi connectivity index (χ1) is 28.7. The average Bonchev–Trinajstić information content (AvgIpc) is 3.69. The van der Waals surface area contributed by atoms with Crippen LogP contribution >= 0.6 is 0 Å². The van der Waals surface area contributed by atoms with Gasteiger partial charge >= 0.3 is 0 Å². The SMILES string of the molecule is c1ccc(-c2ccc(-c3cccc(N(c4ccc5ccccc5c4)c4cccc5oc6c7ccccc7c(-c7ccc(-c8ccccc8)cc7)cc6c45)c3)cc2)cc1. The fourth-order valence-corrected chi connectivity index (χ4v) is 8.58. The molecule has 0 radical (unpaired) electrons. The van der Waals surface area contributed by atoms with Gasteiger partial charge in [-0.3, -0.25) is 0 Å². The van der Waals surface area contributed by atoms with Crippen molar-refractivity contribution < 1.29 is 4.42 Å². The van der Waals surface area contributed by atoms with Gasteiger partial charge in [0.15, 0.2) is 0 Å². The first kappa shape index (κ1) is 33.6. The molecule has 272 valence electrons. The zero-order chi connectivity index (χ0) is 38.4. The molecule has 11 rings (SSSR count). The van der Waals surface area contributed by atoms with E-state index in [1.54, 1.807) is 0 Å². The molecule has 0 amide bonds. The van der Waals surface area contributed by atoms with Crippen molar-refractivity contribution in [3.8, 4) is 44.5 Å². The molecule has 0 aliphatic rings. The molecule has 0 N–H and O–H groups in total. The summed E-state index contributed by atoms with van der Waals surface area (Å²) in [7, 11) is 0. The number of furan rings is 1. The molecule has 0 fully saturated rings. The Hall–Kier alpha value is -7.68. The average molecular weight is 740 g/mol. The van der Waals surface area contributed by atoms with Gasteiger partial charge in [-0.05, 0) is 103 Å². The molecule has 2 nitrogen and oxygen atoms in total. The van der Waals surface area contributed by atoms with Crippen LogP contribution in [0.3, 0.4) is 0 Å². The lowest BCUT2D eigenvalue weighted by Crippen LogP contribution is -2.10. The van der Waals surface area contributed by atoms with Gasteiger partial charge in [0.05, 0.1) is 11.1 Å². The zero-order valence-corrected chi connectivity index (χ0v) is 31.7. The topological polar surface area (TPSA) is 16.4 Å². The Balaban J connectivity index is 1.11. The maximum Gasteiger partial charge on any atom is 0.143 e. The minimum atomic E-state index is 0.854. The third-order valence-electron chi connectivity index (χ3n) is 11.4. The quantitative estimate of drug-likeness (QED) is 0.162. The van der Waals surface area contributed by atoms with Crippen LogP contribution in [0.15, 0.2) is 229 Å². The molecule has 1 aromatic heterocycles. The largest absolute Gasteiger partial charge is 0.455 e. The van der Waals surface area contributed by atoms with E-state index >= 15 is 0 Å². The lowest BCUT2D eigenvalue weighted by molar-refractivity contribution is 0.672. The van der Waals surface area contributed by atoms with Crippen LogP contribution in [0.2, 0.25) is 0 Å². The Labute approximate surface area is 337 Å². The van der Waals surface area contributed by atoms with E-state index in [1.165, 1.54) is 55.1 Å². The minimum Gasteiger partial charge on any atom is -0.455 e. The number of rotatable bonds is 7. The summed E-state index contributed by atoms with van der Waals surface area (Å²) in [5, 5.41) is 6.83. The van der Waals surface area contributed by atoms with Crippen molar-refractivity contribution in [2.24, 2.45) is 0 Å². The third kappa shape index (κ3) is 5.91. The third-order valence-corrected chi connectivity index (χ3v) is 11.4. The van der Waals surface area contributed by atoms with Crippen LogP contribution in [-0.4, -0.2) is 0 Å². The van der Waals surface area contributed by atoms with Gasteiger partial charge in [-0.25, -0.2) is 0 Å². The van der Waals surface area contributed by atoms with Crippen LogP contribution < -0.4 is 4.90 Å². The van der Waals surface area contributed by atoms with Gasteiger partial charge in [0.1, 0.15) is 11.2 Å². The first-order valence-corrected chi connectivity index (χ1v) is 19.8. The van der Waals surface area contributed by atoms with Crippen LogP contribution in [0, 0.1) is 0 Å². The number of fused-ring (bicyclic) bond motifs is 6. The summed E-state index contributed by atoms with van der Waals surface area (Å²) in [5.41, 5.74) is 14.5. The van der Waals surface area contributed by atoms with Crippen molar-refractivity contribution >= 4 is 60.5 Å². The molecule has 0 aliphatic carbocycles. The maximum atomic E-state index is 6.88. The molecule has 0 bridgehead atoms. The maximum absolute atomic E-state index is 6.88. The van der Waals surface area contributed by atoms with Crippen LogP contribution in [0.4, 0.5) is 17.1 Å². The van der Waals surface area contributed by atoms with Gasteiger partial charge < -0.3 is 9.32 Å². The van der Waals surface area contributed by atoms with E-state index in [0.717, 1.165) is 50.0 Å². The van der Waals surface area contributed by atoms with E-state index in [-0.39, 0.29) is 0 Å². The highest BCUT2D eigenvalue weighted by Crippen LogP contribution is 2.47. The van der Waals surface area contributed by atoms with Crippen LogP contribution in [0.25, 0.3) is 88.0 Å². The van der Waals surface area contributed by atoms with Gasteiger partial charge in [0.2, 0.25) is 0 Å². The monoisotopic (exact) mass is 739 g/mol. The summed E-state index contributed by atoms with van der Waals surface area (Å²) >= 11 is 0. The van der Waals surface area contributed by atoms with Crippen LogP contribution in [0.1, 0.15) is 0 Å². The molecule has 1 heterocycles. The van der Waals surface area contributed by atoms with Crippen molar-refractivity contribution in [3.63, 3.8) is 0 Å². The molecule has 0 spiro atoms. The second-order valence-electron chi connectivity index (χ2n) is 14.9. The Morgan fingerprint density at radius 1 is 0.310 bits per heavy atom.